The number of hydrogen-bond donors (Lipinski definition) is 1. The molecule has 4 nitrogen and oxygen atoms in total. The van der Waals surface area contributed by atoms with Gasteiger partial charge in [-0.15, -0.1) is 0 Å². The van der Waals surface area contributed by atoms with E-state index in [2.05, 4.69) is 29.1 Å². The molecule has 3 aliphatic rings. The lowest BCUT2D eigenvalue weighted by atomic mass is 9.94. The van der Waals surface area contributed by atoms with Crippen molar-refractivity contribution in [3.05, 3.63) is 0 Å². The van der Waals surface area contributed by atoms with E-state index in [4.69, 9.17) is 4.74 Å². The van der Waals surface area contributed by atoms with Gasteiger partial charge in [0.2, 0.25) is 0 Å². The molecule has 4 heteroatoms. The van der Waals surface area contributed by atoms with Crippen molar-refractivity contribution in [3.8, 4) is 0 Å². The first-order valence-electron chi connectivity index (χ1n) is 8.01. The second-order valence-electron chi connectivity index (χ2n) is 6.67. The number of nitrogens with zero attached hydrogens (tertiary/aromatic N) is 2. The van der Waals surface area contributed by atoms with Crippen molar-refractivity contribution in [2.24, 2.45) is 5.92 Å². The molecule has 3 heterocycles. The molecule has 0 bridgehead atoms. The fourth-order valence-electron chi connectivity index (χ4n) is 4.11. The second kappa shape index (κ2) is 6.08. The fraction of sp³-hybridized carbons (Fsp3) is 1.00. The van der Waals surface area contributed by atoms with Gasteiger partial charge in [0, 0.05) is 31.7 Å². The zero-order valence-corrected chi connectivity index (χ0v) is 12.5. The van der Waals surface area contributed by atoms with Gasteiger partial charge < -0.3 is 15.0 Å². The average molecular weight is 267 g/mol. The van der Waals surface area contributed by atoms with Crippen molar-refractivity contribution in [1.82, 2.24) is 15.1 Å². The Bertz CT molecular complexity index is 299. The van der Waals surface area contributed by atoms with E-state index in [-0.39, 0.29) is 0 Å². The van der Waals surface area contributed by atoms with Gasteiger partial charge in [-0.25, -0.2) is 0 Å². The molecule has 3 aliphatic heterocycles. The Labute approximate surface area is 117 Å². The first-order chi connectivity index (χ1) is 9.26. The molecule has 0 aromatic carbocycles. The molecule has 3 saturated heterocycles. The first-order valence-corrected chi connectivity index (χ1v) is 8.01. The molecule has 0 aromatic rings. The molecule has 4 unspecified atom stereocenters. The van der Waals surface area contributed by atoms with Crippen LogP contribution >= 0.6 is 0 Å². The third-order valence-corrected chi connectivity index (χ3v) is 5.28. The van der Waals surface area contributed by atoms with Crippen molar-refractivity contribution in [1.29, 1.82) is 0 Å². The van der Waals surface area contributed by atoms with Crippen LogP contribution in [0.2, 0.25) is 0 Å². The van der Waals surface area contributed by atoms with Crippen molar-refractivity contribution in [2.45, 2.75) is 44.4 Å². The summed E-state index contributed by atoms with van der Waals surface area (Å²) in [5.74, 6) is 0.752. The van der Waals surface area contributed by atoms with Gasteiger partial charge in [0.25, 0.3) is 0 Å². The number of likely N-dealkylation sites (tertiary alicyclic amines) is 1. The predicted molar refractivity (Wildman–Crippen MR) is 77.4 cm³/mol. The predicted octanol–water partition coefficient (Wildman–Crippen LogP) is 0.779. The van der Waals surface area contributed by atoms with Crippen LogP contribution in [0.3, 0.4) is 0 Å². The number of rotatable bonds is 3. The molecular formula is C15H29N3O. The summed E-state index contributed by atoms with van der Waals surface area (Å²) in [7, 11) is 2.09. The monoisotopic (exact) mass is 267 g/mol. The Hall–Kier alpha value is -0.160. The third-order valence-electron chi connectivity index (χ3n) is 5.28. The maximum atomic E-state index is 6.08. The van der Waals surface area contributed by atoms with Gasteiger partial charge in [-0.3, -0.25) is 4.90 Å². The Balaban J connectivity index is 1.47. The second-order valence-corrected chi connectivity index (χ2v) is 6.67. The van der Waals surface area contributed by atoms with E-state index in [1.165, 1.54) is 38.9 Å². The number of ether oxygens (including phenoxy) is 1. The van der Waals surface area contributed by atoms with E-state index in [0.717, 1.165) is 31.7 Å². The SMILES string of the molecule is CNC1CCN(CC2CN3CCCC3CO2)CC1C. The highest BCUT2D eigenvalue weighted by atomic mass is 16.5. The smallest absolute Gasteiger partial charge is 0.0829 e. The largest absolute Gasteiger partial charge is 0.374 e. The van der Waals surface area contributed by atoms with Crippen molar-refractivity contribution < 1.29 is 4.74 Å². The van der Waals surface area contributed by atoms with Crippen LogP contribution in [0.1, 0.15) is 26.2 Å². The van der Waals surface area contributed by atoms with Crippen LogP contribution < -0.4 is 5.32 Å². The van der Waals surface area contributed by atoms with E-state index in [0.29, 0.717) is 12.1 Å². The summed E-state index contributed by atoms with van der Waals surface area (Å²) in [5.41, 5.74) is 0. The number of morpholine rings is 1. The molecule has 0 saturated carbocycles. The number of piperidine rings is 1. The summed E-state index contributed by atoms with van der Waals surface area (Å²) in [5, 5.41) is 3.44. The Kier molecular flexibility index (Phi) is 4.42. The highest BCUT2D eigenvalue weighted by molar-refractivity contribution is 4.88. The van der Waals surface area contributed by atoms with Crippen LogP contribution in [-0.2, 0) is 4.74 Å². The summed E-state index contributed by atoms with van der Waals surface area (Å²) in [6.45, 7) is 9.35. The molecule has 19 heavy (non-hydrogen) atoms. The molecule has 0 radical (unpaired) electrons. The number of nitrogens with one attached hydrogen (secondary N) is 1. The summed E-state index contributed by atoms with van der Waals surface area (Å²) in [6, 6.07) is 1.43. The fourth-order valence-corrected chi connectivity index (χ4v) is 4.11. The van der Waals surface area contributed by atoms with E-state index in [9.17, 15) is 0 Å². The van der Waals surface area contributed by atoms with Crippen LogP contribution in [-0.4, -0.2) is 74.4 Å². The minimum atomic E-state index is 0.438. The highest BCUT2D eigenvalue weighted by Gasteiger charge is 2.34. The normalized spacial score (nSPS) is 41.4. The van der Waals surface area contributed by atoms with Gasteiger partial charge in [-0.1, -0.05) is 6.92 Å². The first kappa shape index (κ1) is 13.8. The highest BCUT2D eigenvalue weighted by Crippen LogP contribution is 2.24. The molecule has 3 fully saturated rings. The standard InChI is InChI=1S/C15H29N3O/c1-12-8-17(7-5-15(12)16-2)9-14-10-18-6-3-4-13(18)11-19-14/h12-16H,3-11H2,1-2H3. The minimum absolute atomic E-state index is 0.438. The van der Waals surface area contributed by atoms with Gasteiger partial charge in [0.1, 0.15) is 0 Å². The summed E-state index contributed by atoms with van der Waals surface area (Å²) in [4.78, 5) is 5.26. The lowest BCUT2D eigenvalue weighted by Gasteiger charge is -2.41. The zero-order valence-electron chi connectivity index (χ0n) is 12.5. The summed E-state index contributed by atoms with van der Waals surface area (Å²) in [6.07, 6.45) is 4.42. The molecule has 0 aliphatic carbocycles. The van der Waals surface area contributed by atoms with Gasteiger partial charge in [-0.2, -0.15) is 0 Å². The van der Waals surface area contributed by atoms with Crippen molar-refractivity contribution in [2.75, 3.05) is 46.4 Å². The molecule has 0 spiro atoms. The zero-order chi connectivity index (χ0) is 13.2. The van der Waals surface area contributed by atoms with Crippen LogP contribution in [0.5, 0.6) is 0 Å². The number of fused-ring (bicyclic) bond motifs is 1. The van der Waals surface area contributed by atoms with Gasteiger partial charge >= 0.3 is 0 Å². The van der Waals surface area contributed by atoms with Gasteiger partial charge in [-0.05, 0) is 45.3 Å². The maximum absolute atomic E-state index is 6.08. The van der Waals surface area contributed by atoms with E-state index < -0.39 is 0 Å². The van der Waals surface area contributed by atoms with Gasteiger partial charge in [0.15, 0.2) is 0 Å². The quantitative estimate of drug-likeness (QED) is 0.818. The molecule has 0 amide bonds. The van der Waals surface area contributed by atoms with Gasteiger partial charge in [0.05, 0.1) is 12.7 Å². The Morgan fingerprint density at radius 3 is 2.89 bits per heavy atom. The molecule has 3 rings (SSSR count). The van der Waals surface area contributed by atoms with Crippen molar-refractivity contribution >= 4 is 0 Å². The summed E-state index contributed by atoms with van der Waals surface area (Å²) < 4.78 is 6.08. The molecule has 4 atom stereocenters. The maximum Gasteiger partial charge on any atom is 0.0829 e. The Morgan fingerprint density at radius 1 is 1.21 bits per heavy atom. The average Bonchev–Trinajstić information content (AvgIpc) is 2.86. The molecular weight excluding hydrogens is 238 g/mol. The Morgan fingerprint density at radius 2 is 2.11 bits per heavy atom. The summed E-state index contributed by atoms with van der Waals surface area (Å²) >= 11 is 0. The van der Waals surface area contributed by atoms with E-state index >= 15 is 0 Å². The van der Waals surface area contributed by atoms with Crippen LogP contribution in [0.25, 0.3) is 0 Å². The number of hydrogen-bond acceptors (Lipinski definition) is 4. The van der Waals surface area contributed by atoms with E-state index in [1.807, 2.05) is 0 Å². The molecule has 1 N–H and O–H groups in total. The third kappa shape index (κ3) is 3.13. The molecule has 0 aromatic heterocycles. The topological polar surface area (TPSA) is 27.7 Å². The van der Waals surface area contributed by atoms with Crippen molar-refractivity contribution in [3.63, 3.8) is 0 Å². The van der Waals surface area contributed by atoms with E-state index in [1.54, 1.807) is 0 Å². The van der Waals surface area contributed by atoms with Crippen LogP contribution in [0, 0.1) is 5.92 Å². The lowest BCUT2D eigenvalue weighted by Crippen LogP contribution is -2.53. The molecule has 110 valence electrons. The lowest BCUT2D eigenvalue weighted by molar-refractivity contribution is -0.0652. The van der Waals surface area contributed by atoms with Crippen LogP contribution in [0.15, 0.2) is 0 Å². The minimum Gasteiger partial charge on any atom is -0.374 e. The van der Waals surface area contributed by atoms with Crippen LogP contribution in [0.4, 0.5) is 0 Å².